The van der Waals surface area contributed by atoms with E-state index in [2.05, 4.69) is 17.0 Å². The van der Waals surface area contributed by atoms with Crippen molar-refractivity contribution in [2.24, 2.45) is 0 Å². The first-order valence-electron chi connectivity index (χ1n) is 9.54. The molecule has 2 heterocycles. The van der Waals surface area contributed by atoms with Crippen LogP contribution in [0.15, 0.2) is 54.6 Å². The Hall–Kier alpha value is -2.24. The molecule has 1 spiro atoms. The molecule has 2 aliphatic rings. The average Bonchev–Trinajstić information content (AvgIpc) is 2.65. The second kappa shape index (κ2) is 7.06. The first-order valence-corrected chi connectivity index (χ1v) is 9.54. The highest BCUT2D eigenvalue weighted by atomic mass is 19.1. The molecule has 0 saturated carbocycles. The van der Waals surface area contributed by atoms with E-state index < -0.39 is 0 Å². The Morgan fingerprint density at radius 3 is 2.44 bits per heavy atom. The summed E-state index contributed by atoms with van der Waals surface area (Å²) in [5.74, 6) is 0.0513. The Morgan fingerprint density at radius 2 is 1.81 bits per heavy atom. The van der Waals surface area contributed by atoms with E-state index in [0.29, 0.717) is 31.6 Å². The third-order valence-electron chi connectivity index (χ3n) is 6.16. The van der Waals surface area contributed by atoms with Crippen LogP contribution in [-0.2, 0) is 11.3 Å². The van der Waals surface area contributed by atoms with Crippen LogP contribution in [0.25, 0.3) is 0 Å². The van der Waals surface area contributed by atoms with E-state index in [1.54, 1.807) is 12.1 Å². The molecule has 0 bridgehead atoms. The highest BCUT2D eigenvalue weighted by molar-refractivity contribution is 5.77. The third kappa shape index (κ3) is 2.86. The van der Waals surface area contributed by atoms with Gasteiger partial charge >= 0.3 is 0 Å². The van der Waals surface area contributed by atoms with Crippen LogP contribution in [0.5, 0.6) is 0 Å². The number of hydrogen-bond donors (Lipinski definition) is 1. The van der Waals surface area contributed by atoms with Crippen LogP contribution < -0.4 is 0 Å². The van der Waals surface area contributed by atoms with Gasteiger partial charge in [-0.05, 0) is 11.6 Å². The van der Waals surface area contributed by atoms with Crippen molar-refractivity contribution in [3.63, 3.8) is 0 Å². The number of aliphatic hydroxyl groups excluding tert-OH is 1. The summed E-state index contributed by atoms with van der Waals surface area (Å²) >= 11 is 0. The first kappa shape index (κ1) is 18.1. The number of amides is 1. The largest absolute Gasteiger partial charge is 0.395 e. The smallest absolute Gasteiger partial charge is 0.222 e. The first-order chi connectivity index (χ1) is 13.1. The Kier molecular flexibility index (Phi) is 4.74. The lowest BCUT2D eigenvalue weighted by Gasteiger charge is -2.70. The van der Waals surface area contributed by atoms with E-state index in [-0.39, 0.29) is 35.8 Å². The van der Waals surface area contributed by atoms with E-state index in [9.17, 15) is 14.3 Å². The summed E-state index contributed by atoms with van der Waals surface area (Å²) in [7, 11) is 0. The van der Waals surface area contributed by atoms with Crippen LogP contribution >= 0.6 is 0 Å². The van der Waals surface area contributed by atoms with Gasteiger partial charge in [0.2, 0.25) is 5.91 Å². The predicted octanol–water partition coefficient (Wildman–Crippen LogP) is 2.78. The molecule has 27 heavy (non-hydrogen) atoms. The van der Waals surface area contributed by atoms with E-state index in [1.165, 1.54) is 11.6 Å². The molecule has 1 amide bonds. The molecule has 0 aliphatic carbocycles. The normalized spacial score (nSPS) is 23.7. The molecule has 1 N–H and O–H groups in total. The Morgan fingerprint density at radius 1 is 1.15 bits per heavy atom. The van der Waals surface area contributed by atoms with Gasteiger partial charge in [0.1, 0.15) is 5.82 Å². The van der Waals surface area contributed by atoms with Crippen molar-refractivity contribution in [2.75, 3.05) is 19.7 Å². The van der Waals surface area contributed by atoms with Crippen LogP contribution in [0.4, 0.5) is 4.39 Å². The summed E-state index contributed by atoms with van der Waals surface area (Å²) < 4.78 is 14.2. The summed E-state index contributed by atoms with van der Waals surface area (Å²) in [6, 6.07) is 16.9. The molecular formula is C22H25FN2O2. The summed E-state index contributed by atoms with van der Waals surface area (Å²) in [6.45, 7) is 3.58. The molecule has 0 aromatic heterocycles. The van der Waals surface area contributed by atoms with Crippen molar-refractivity contribution in [1.29, 1.82) is 0 Å². The van der Waals surface area contributed by atoms with Crippen LogP contribution in [0, 0.1) is 5.82 Å². The van der Waals surface area contributed by atoms with Crippen molar-refractivity contribution in [1.82, 2.24) is 9.80 Å². The summed E-state index contributed by atoms with van der Waals surface area (Å²) in [4.78, 5) is 16.2. The summed E-state index contributed by atoms with van der Waals surface area (Å²) in [6.07, 6.45) is 0.489. The Balaban J connectivity index is 1.65. The number of carbonyl (C=O) groups is 1. The number of aliphatic hydroxyl groups is 1. The molecule has 2 atom stereocenters. The minimum Gasteiger partial charge on any atom is -0.395 e. The van der Waals surface area contributed by atoms with Gasteiger partial charge in [0.25, 0.3) is 0 Å². The lowest BCUT2D eigenvalue weighted by molar-refractivity contribution is -0.200. The maximum absolute atomic E-state index is 14.2. The van der Waals surface area contributed by atoms with E-state index in [0.717, 1.165) is 0 Å². The monoisotopic (exact) mass is 368 g/mol. The molecule has 2 aromatic carbocycles. The van der Waals surface area contributed by atoms with Crippen LogP contribution in [0.1, 0.15) is 30.4 Å². The van der Waals surface area contributed by atoms with Gasteiger partial charge in [-0.15, -0.1) is 0 Å². The highest BCUT2D eigenvalue weighted by Gasteiger charge is 2.66. The van der Waals surface area contributed by atoms with Crippen LogP contribution in [0.3, 0.4) is 0 Å². The maximum Gasteiger partial charge on any atom is 0.222 e. The molecule has 0 unspecified atom stereocenters. The van der Waals surface area contributed by atoms with Crippen molar-refractivity contribution < 1.29 is 14.3 Å². The van der Waals surface area contributed by atoms with Gasteiger partial charge in [-0.2, -0.15) is 0 Å². The van der Waals surface area contributed by atoms with Gasteiger partial charge in [0.05, 0.1) is 12.1 Å². The average molecular weight is 368 g/mol. The number of carbonyl (C=O) groups excluding carboxylic acids is 1. The van der Waals surface area contributed by atoms with E-state index in [1.807, 2.05) is 36.1 Å². The number of hydrogen-bond acceptors (Lipinski definition) is 3. The lowest BCUT2D eigenvalue weighted by Crippen LogP contribution is -2.84. The number of nitrogens with zero attached hydrogens (tertiary/aromatic N) is 2. The van der Waals surface area contributed by atoms with Crippen molar-refractivity contribution in [3.05, 3.63) is 71.5 Å². The number of benzene rings is 2. The molecule has 2 aliphatic heterocycles. The van der Waals surface area contributed by atoms with E-state index >= 15 is 0 Å². The highest BCUT2D eigenvalue weighted by Crippen LogP contribution is 2.54. The minimum atomic E-state index is -0.234. The van der Waals surface area contributed by atoms with Crippen molar-refractivity contribution in [3.8, 4) is 0 Å². The molecule has 2 fully saturated rings. The molecular weight excluding hydrogens is 343 g/mol. The zero-order valence-corrected chi connectivity index (χ0v) is 15.5. The second-order valence-corrected chi connectivity index (χ2v) is 7.56. The van der Waals surface area contributed by atoms with Gasteiger partial charge in [0, 0.05) is 43.6 Å². The SMILES string of the molecule is CCC(=O)N1CC2(C1)[C@H](c1ccccc1)[C@H](CO)N2Cc1ccccc1F. The topological polar surface area (TPSA) is 43.8 Å². The molecule has 4 rings (SSSR count). The van der Waals surface area contributed by atoms with Gasteiger partial charge in [-0.1, -0.05) is 55.5 Å². The summed E-state index contributed by atoms with van der Waals surface area (Å²) in [5, 5.41) is 10.1. The molecule has 0 radical (unpaired) electrons. The van der Waals surface area contributed by atoms with Crippen LogP contribution in [-0.4, -0.2) is 52.1 Å². The fraction of sp³-hybridized carbons (Fsp3) is 0.409. The number of halogens is 1. The maximum atomic E-state index is 14.2. The van der Waals surface area contributed by atoms with Gasteiger partial charge < -0.3 is 10.0 Å². The quantitative estimate of drug-likeness (QED) is 0.883. The zero-order valence-electron chi connectivity index (χ0n) is 15.5. The third-order valence-corrected chi connectivity index (χ3v) is 6.16. The predicted molar refractivity (Wildman–Crippen MR) is 102 cm³/mol. The Bertz CT molecular complexity index is 820. The van der Waals surface area contributed by atoms with Gasteiger partial charge in [-0.25, -0.2) is 4.39 Å². The lowest BCUT2D eigenvalue weighted by atomic mass is 9.60. The summed E-state index contributed by atoms with van der Waals surface area (Å²) in [5.41, 5.74) is 1.56. The standard InChI is InChI=1S/C22H25FN2O2/c1-2-20(27)24-14-22(15-24)21(16-8-4-3-5-9-16)19(13-26)25(22)12-17-10-6-7-11-18(17)23/h3-11,19,21,26H,2,12-15H2,1H3/t19-,21+/m0/s1. The van der Waals surface area contributed by atoms with Crippen LogP contribution in [0.2, 0.25) is 0 Å². The van der Waals surface area contributed by atoms with Crippen molar-refractivity contribution >= 4 is 5.91 Å². The van der Waals surface area contributed by atoms with E-state index in [4.69, 9.17) is 0 Å². The molecule has 2 aromatic rings. The minimum absolute atomic E-state index is 0.0114. The zero-order chi connectivity index (χ0) is 19.0. The number of rotatable bonds is 5. The molecule has 5 heteroatoms. The van der Waals surface area contributed by atoms with Gasteiger partial charge in [0.15, 0.2) is 0 Å². The fourth-order valence-electron chi connectivity index (χ4n) is 4.84. The second-order valence-electron chi connectivity index (χ2n) is 7.56. The molecule has 2 saturated heterocycles. The van der Waals surface area contributed by atoms with Crippen molar-refractivity contribution in [2.45, 2.75) is 37.4 Å². The Labute approximate surface area is 159 Å². The number of likely N-dealkylation sites (tertiary alicyclic amines) is 2. The molecule has 142 valence electrons. The fourth-order valence-corrected chi connectivity index (χ4v) is 4.84. The molecule has 4 nitrogen and oxygen atoms in total. The van der Waals surface area contributed by atoms with Gasteiger partial charge in [-0.3, -0.25) is 9.69 Å².